The van der Waals surface area contributed by atoms with Gasteiger partial charge >= 0.3 is 0 Å². The van der Waals surface area contributed by atoms with Gasteiger partial charge in [-0.25, -0.2) is 4.39 Å². The normalized spacial score (nSPS) is 12.4. The van der Waals surface area contributed by atoms with E-state index in [9.17, 15) is 4.39 Å². The highest BCUT2D eigenvalue weighted by molar-refractivity contribution is 5.27. The zero-order valence-corrected chi connectivity index (χ0v) is 8.10. The number of hydrogen-bond donors (Lipinski definition) is 1. The molecule has 0 radical (unpaired) electrons. The first kappa shape index (κ1) is 9.80. The summed E-state index contributed by atoms with van der Waals surface area (Å²) in [4.78, 5) is 4.16. The molecule has 0 saturated heterocycles. The van der Waals surface area contributed by atoms with Crippen LogP contribution in [0.25, 0.3) is 0 Å². The third-order valence-corrected chi connectivity index (χ3v) is 2.24. The molecule has 0 saturated carbocycles. The molecule has 2 rings (SSSR count). The Morgan fingerprint density at radius 1 is 1.07 bits per heavy atom. The largest absolute Gasteiger partial charge is 0.319 e. The van der Waals surface area contributed by atoms with Crippen molar-refractivity contribution in [3.63, 3.8) is 0 Å². The zero-order chi connectivity index (χ0) is 10.7. The van der Waals surface area contributed by atoms with Crippen LogP contribution < -0.4 is 5.73 Å². The Bertz CT molecular complexity index is 425. The fraction of sp³-hybridized carbons (Fsp3) is 0.0833. The van der Waals surface area contributed by atoms with Gasteiger partial charge in [-0.2, -0.15) is 0 Å². The minimum Gasteiger partial charge on any atom is -0.319 e. The summed E-state index contributed by atoms with van der Waals surface area (Å²) in [6.07, 6.45) is 1.69. The molecule has 0 unspecified atom stereocenters. The molecule has 0 bridgehead atoms. The second kappa shape index (κ2) is 4.19. The number of rotatable bonds is 2. The molecule has 3 heteroatoms. The molecule has 15 heavy (non-hydrogen) atoms. The van der Waals surface area contributed by atoms with Gasteiger partial charge in [-0.3, -0.25) is 4.98 Å². The van der Waals surface area contributed by atoms with Crippen molar-refractivity contribution in [3.8, 4) is 0 Å². The van der Waals surface area contributed by atoms with E-state index in [1.807, 2.05) is 18.2 Å². The van der Waals surface area contributed by atoms with Crippen LogP contribution in [0, 0.1) is 5.82 Å². The van der Waals surface area contributed by atoms with Crippen LogP contribution in [0.15, 0.2) is 48.7 Å². The van der Waals surface area contributed by atoms with Crippen molar-refractivity contribution in [1.82, 2.24) is 4.98 Å². The first-order chi connectivity index (χ1) is 7.27. The van der Waals surface area contributed by atoms with Crippen molar-refractivity contribution in [1.29, 1.82) is 0 Å². The number of aromatic nitrogens is 1. The van der Waals surface area contributed by atoms with Gasteiger partial charge in [0.2, 0.25) is 0 Å². The van der Waals surface area contributed by atoms with Crippen LogP contribution in [0.3, 0.4) is 0 Å². The van der Waals surface area contributed by atoms with Crippen molar-refractivity contribution >= 4 is 0 Å². The summed E-state index contributed by atoms with van der Waals surface area (Å²) >= 11 is 0. The Morgan fingerprint density at radius 3 is 2.40 bits per heavy atom. The Labute approximate surface area is 87.6 Å². The molecular weight excluding hydrogens is 191 g/mol. The minimum atomic E-state index is -0.299. The third kappa shape index (κ3) is 2.19. The zero-order valence-electron chi connectivity index (χ0n) is 8.10. The van der Waals surface area contributed by atoms with Gasteiger partial charge in [-0.15, -0.1) is 0 Å². The fourth-order valence-corrected chi connectivity index (χ4v) is 1.40. The van der Waals surface area contributed by atoms with Gasteiger partial charge in [0.1, 0.15) is 5.82 Å². The quantitative estimate of drug-likeness (QED) is 0.811. The monoisotopic (exact) mass is 202 g/mol. The SMILES string of the molecule is N[C@@H](c1ccc(F)cc1)c1ccccn1. The van der Waals surface area contributed by atoms with Gasteiger partial charge in [0.25, 0.3) is 0 Å². The molecule has 0 fully saturated rings. The third-order valence-electron chi connectivity index (χ3n) is 2.24. The first-order valence-electron chi connectivity index (χ1n) is 4.69. The van der Waals surface area contributed by atoms with Gasteiger partial charge in [-0.1, -0.05) is 18.2 Å². The van der Waals surface area contributed by atoms with E-state index in [-0.39, 0.29) is 11.9 Å². The highest BCUT2D eigenvalue weighted by atomic mass is 19.1. The van der Waals surface area contributed by atoms with Crippen molar-refractivity contribution < 1.29 is 4.39 Å². The molecule has 0 aliphatic carbocycles. The van der Waals surface area contributed by atoms with Gasteiger partial charge in [0, 0.05) is 6.20 Å². The van der Waals surface area contributed by atoms with Crippen LogP contribution in [-0.2, 0) is 0 Å². The number of hydrogen-bond acceptors (Lipinski definition) is 2. The smallest absolute Gasteiger partial charge is 0.123 e. The summed E-state index contributed by atoms with van der Waals surface area (Å²) in [6.45, 7) is 0. The predicted molar refractivity (Wildman–Crippen MR) is 56.7 cm³/mol. The summed E-state index contributed by atoms with van der Waals surface area (Å²) in [6, 6.07) is 11.4. The van der Waals surface area contributed by atoms with Gasteiger partial charge in [-0.05, 0) is 29.8 Å². The molecule has 2 aromatic rings. The van der Waals surface area contributed by atoms with Crippen molar-refractivity contribution in [2.45, 2.75) is 6.04 Å². The maximum Gasteiger partial charge on any atom is 0.123 e. The van der Waals surface area contributed by atoms with E-state index in [0.717, 1.165) is 11.3 Å². The topological polar surface area (TPSA) is 38.9 Å². The number of nitrogens with two attached hydrogens (primary N) is 1. The lowest BCUT2D eigenvalue weighted by molar-refractivity contribution is 0.626. The predicted octanol–water partition coefficient (Wildman–Crippen LogP) is 2.27. The fourth-order valence-electron chi connectivity index (χ4n) is 1.40. The summed E-state index contributed by atoms with van der Waals surface area (Å²) in [7, 11) is 0. The van der Waals surface area contributed by atoms with Crippen LogP contribution in [0.5, 0.6) is 0 Å². The summed E-state index contributed by atoms with van der Waals surface area (Å²) in [5.74, 6) is -0.257. The van der Waals surface area contributed by atoms with Crippen molar-refractivity contribution in [2.75, 3.05) is 0 Å². The van der Waals surface area contributed by atoms with E-state index in [2.05, 4.69) is 4.98 Å². The molecule has 0 aliphatic rings. The maximum absolute atomic E-state index is 12.7. The maximum atomic E-state index is 12.7. The molecular formula is C12H11FN2. The highest BCUT2D eigenvalue weighted by Gasteiger charge is 2.08. The molecule has 1 heterocycles. The standard InChI is InChI=1S/C12H11FN2/c13-10-6-4-9(5-7-10)12(14)11-3-1-2-8-15-11/h1-8,12H,14H2/t12-/m0/s1. The molecule has 1 aromatic heterocycles. The molecule has 76 valence electrons. The minimum absolute atomic E-state index is 0.257. The van der Waals surface area contributed by atoms with Crippen LogP contribution in [-0.4, -0.2) is 4.98 Å². The average Bonchev–Trinajstić information content (AvgIpc) is 2.30. The molecule has 0 spiro atoms. The first-order valence-corrected chi connectivity index (χ1v) is 4.69. The molecule has 0 amide bonds. The number of halogens is 1. The van der Waals surface area contributed by atoms with Crippen LogP contribution in [0.1, 0.15) is 17.3 Å². The lowest BCUT2D eigenvalue weighted by Gasteiger charge is -2.10. The van der Waals surface area contributed by atoms with Gasteiger partial charge in [0.15, 0.2) is 0 Å². The molecule has 2 nitrogen and oxygen atoms in total. The number of nitrogens with zero attached hydrogens (tertiary/aromatic N) is 1. The second-order valence-corrected chi connectivity index (χ2v) is 3.28. The second-order valence-electron chi connectivity index (χ2n) is 3.28. The highest BCUT2D eigenvalue weighted by Crippen LogP contribution is 2.17. The summed E-state index contributed by atoms with van der Waals surface area (Å²) in [5, 5.41) is 0. The van der Waals surface area contributed by atoms with Gasteiger partial charge in [0.05, 0.1) is 11.7 Å². The van der Waals surface area contributed by atoms with E-state index in [1.165, 1.54) is 12.1 Å². The lowest BCUT2D eigenvalue weighted by Crippen LogP contribution is -2.13. The Kier molecular flexibility index (Phi) is 2.74. The summed E-state index contributed by atoms with van der Waals surface area (Å²) < 4.78 is 12.7. The van der Waals surface area contributed by atoms with Crippen LogP contribution in [0.2, 0.25) is 0 Å². The Balaban J connectivity index is 2.29. The van der Waals surface area contributed by atoms with Crippen molar-refractivity contribution in [2.24, 2.45) is 5.73 Å². The Morgan fingerprint density at radius 2 is 1.80 bits per heavy atom. The van der Waals surface area contributed by atoms with E-state index in [4.69, 9.17) is 5.73 Å². The molecule has 1 aromatic carbocycles. The van der Waals surface area contributed by atoms with E-state index < -0.39 is 0 Å². The van der Waals surface area contributed by atoms with E-state index in [1.54, 1.807) is 18.3 Å². The van der Waals surface area contributed by atoms with Gasteiger partial charge < -0.3 is 5.73 Å². The molecule has 1 atom stereocenters. The summed E-state index contributed by atoms with van der Waals surface area (Å²) in [5.41, 5.74) is 7.62. The van der Waals surface area contributed by atoms with Crippen molar-refractivity contribution in [3.05, 3.63) is 65.7 Å². The van der Waals surface area contributed by atoms with E-state index in [0.29, 0.717) is 0 Å². The average molecular weight is 202 g/mol. The van der Waals surface area contributed by atoms with Crippen LogP contribution >= 0.6 is 0 Å². The molecule has 0 aliphatic heterocycles. The van der Waals surface area contributed by atoms with E-state index >= 15 is 0 Å². The lowest BCUT2D eigenvalue weighted by atomic mass is 10.0. The molecule has 2 N–H and O–H groups in total. The number of pyridine rings is 1. The Hall–Kier alpha value is -1.74. The number of benzene rings is 1. The van der Waals surface area contributed by atoms with Crippen LogP contribution in [0.4, 0.5) is 4.39 Å².